The fourth-order valence-corrected chi connectivity index (χ4v) is 7.50. The lowest BCUT2D eigenvalue weighted by atomic mass is 10.0. The van der Waals surface area contributed by atoms with Gasteiger partial charge in [-0.2, -0.15) is 0 Å². The number of unbranched alkanes of at least 4 members (excludes halogenated alkanes) is 18. The number of aliphatic hydroxyl groups excluding tert-OH is 1. The molecule has 3 unspecified atom stereocenters. The highest BCUT2D eigenvalue weighted by Crippen LogP contribution is 2.38. The van der Waals surface area contributed by atoms with Gasteiger partial charge in [-0.1, -0.05) is 207 Å². The molecule has 0 saturated carbocycles. The molecule has 0 radical (unpaired) electrons. The lowest BCUT2D eigenvalue weighted by Gasteiger charge is -2.29. The maximum atomic E-state index is 12.9. The molecule has 0 heterocycles. The van der Waals surface area contributed by atoms with Gasteiger partial charge in [0, 0.05) is 6.42 Å². The number of likely N-dealkylation sites (N-methyl/N-ethyl adjacent to an activating group) is 1. The normalized spacial score (nSPS) is 14.9. The molecule has 0 aromatic heterocycles. The molecule has 0 aromatic carbocycles. The maximum absolute atomic E-state index is 12.9. The number of allylic oxidation sites excluding steroid dienone is 15. The smallest absolute Gasteiger partial charge is 0.268 e. The van der Waals surface area contributed by atoms with Gasteiger partial charge in [0.05, 0.1) is 39.9 Å². The van der Waals surface area contributed by atoms with Crippen LogP contribution in [-0.4, -0.2) is 68.5 Å². The summed E-state index contributed by atoms with van der Waals surface area (Å²) in [5, 5.41) is 13.8. The Morgan fingerprint density at radius 1 is 0.562 bits per heavy atom. The van der Waals surface area contributed by atoms with Crippen LogP contribution in [0.15, 0.2) is 97.2 Å². The average Bonchev–Trinajstić information content (AvgIpc) is 3.25. The molecule has 368 valence electrons. The van der Waals surface area contributed by atoms with Crippen LogP contribution in [0.1, 0.15) is 194 Å². The van der Waals surface area contributed by atoms with Crippen LogP contribution in [0.5, 0.6) is 0 Å². The second-order valence-electron chi connectivity index (χ2n) is 18.1. The number of amides is 1. The third kappa shape index (κ3) is 47.4. The van der Waals surface area contributed by atoms with Crippen LogP contribution in [0.25, 0.3) is 0 Å². The molecule has 0 bridgehead atoms. The highest BCUT2D eigenvalue weighted by Gasteiger charge is 2.23. The van der Waals surface area contributed by atoms with Crippen molar-refractivity contribution in [3.63, 3.8) is 0 Å². The van der Waals surface area contributed by atoms with Gasteiger partial charge < -0.3 is 28.8 Å². The fourth-order valence-electron chi connectivity index (χ4n) is 6.78. The van der Waals surface area contributed by atoms with Crippen molar-refractivity contribution in [1.82, 2.24) is 5.32 Å². The second-order valence-corrected chi connectivity index (χ2v) is 19.6. The number of hydrogen-bond donors (Lipinski definition) is 2. The number of quaternary nitrogens is 1. The number of phosphoric acid groups is 1. The number of nitrogens with zero attached hydrogens (tertiary/aromatic N) is 1. The Balaban J connectivity index is 4.19. The van der Waals surface area contributed by atoms with Crippen molar-refractivity contribution in [1.29, 1.82) is 0 Å². The van der Waals surface area contributed by atoms with E-state index >= 15 is 0 Å². The molecule has 0 saturated heterocycles. The predicted molar refractivity (Wildman–Crippen MR) is 274 cm³/mol. The van der Waals surface area contributed by atoms with E-state index in [-0.39, 0.29) is 19.1 Å². The van der Waals surface area contributed by atoms with Gasteiger partial charge in [-0.3, -0.25) is 9.36 Å². The molecular weight excluding hydrogens is 816 g/mol. The SMILES string of the molecule is CC/C=C\C/C=C\C/C=C\C/C=C\C/C=C\C/C=C\C/C=C\CCCCCCCCCCCC(=O)NC(COP(=O)([O-])OCC[N+](C)(C)C)C(O)/C=C/CCCCCCCCCCC. The molecule has 2 N–H and O–H groups in total. The summed E-state index contributed by atoms with van der Waals surface area (Å²) in [6.07, 6.45) is 64.7. The highest BCUT2D eigenvalue weighted by atomic mass is 31.2. The highest BCUT2D eigenvalue weighted by molar-refractivity contribution is 7.45. The van der Waals surface area contributed by atoms with Crippen molar-refractivity contribution in [3.05, 3.63) is 97.2 Å². The average molecular weight is 913 g/mol. The van der Waals surface area contributed by atoms with Crippen molar-refractivity contribution in [2.45, 2.75) is 206 Å². The molecule has 3 atom stereocenters. The molecule has 0 fully saturated rings. The standard InChI is InChI=1S/C55H97N2O6P/c1-6-8-10-12-14-16-18-19-20-21-22-23-24-25-26-27-28-29-30-31-32-33-34-35-36-37-39-41-43-45-47-49-55(59)56-53(52-63-64(60,61)62-51-50-57(3,4)5)54(58)48-46-44-42-40-38-17-15-13-11-9-7-2/h8,10,14,16,19-20,22-23,25-26,28-29,31-32,46,48,53-54,58H,6-7,9,11-13,15,17-18,21,24,27,30,33-45,47,49-52H2,1-5H3,(H-,56,59,60,61)/b10-8-,16-14-,20-19-,23-22-,26-25-,29-28-,32-31-,48-46+. The van der Waals surface area contributed by atoms with Crippen LogP contribution in [0, 0.1) is 0 Å². The van der Waals surface area contributed by atoms with Crippen LogP contribution >= 0.6 is 7.82 Å². The molecule has 0 aliphatic heterocycles. The van der Waals surface area contributed by atoms with Gasteiger partial charge >= 0.3 is 0 Å². The van der Waals surface area contributed by atoms with E-state index in [1.54, 1.807) is 6.08 Å². The minimum atomic E-state index is -4.59. The van der Waals surface area contributed by atoms with E-state index in [0.717, 1.165) is 89.9 Å². The first-order chi connectivity index (χ1) is 31.0. The van der Waals surface area contributed by atoms with E-state index in [1.807, 2.05) is 27.2 Å². The van der Waals surface area contributed by atoms with Crippen LogP contribution in [-0.2, 0) is 18.4 Å². The first kappa shape index (κ1) is 61.4. The van der Waals surface area contributed by atoms with Crippen molar-refractivity contribution in [2.24, 2.45) is 0 Å². The first-order valence-corrected chi connectivity index (χ1v) is 27.1. The van der Waals surface area contributed by atoms with Gasteiger partial charge in [-0.05, 0) is 77.0 Å². The Morgan fingerprint density at radius 3 is 1.39 bits per heavy atom. The molecule has 0 aromatic rings. The Morgan fingerprint density at radius 2 is 0.953 bits per heavy atom. The van der Waals surface area contributed by atoms with E-state index in [1.165, 1.54) is 83.5 Å². The second kappa shape index (κ2) is 45.6. The van der Waals surface area contributed by atoms with E-state index in [9.17, 15) is 19.4 Å². The van der Waals surface area contributed by atoms with Crippen LogP contribution < -0.4 is 10.2 Å². The lowest BCUT2D eigenvalue weighted by molar-refractivity contribution is -0.870. The Kier molecular flexibility index (Phi) is 43.7. The number of nitrogens with one attached hydrogen (secondary N) is 1. The summed E-state index contributed by atoms with van der Waals surface area (Å²) < 4.78 is 23.2. The summed E-state index contributed by atoms with van der Waals surface area (Å²) >= 11 is 0. The molecule has 9 heteroatoms. The third-order valence-corrected chi connectivity index (χ3v) is 11.8. The monoisotopic (exact) mass is 913 g/mol. The number of carbonyl (C=O) groups is 1. The van der Waals surface area contributed by atoms with Gasteiger partial charge in [-0.25, -0.2) is 0 Å². The number of carbonyl (C=O) groups excluding carboxylic acids is 1. The minimum absolute atomic E-state index is 0.00701. The molecule has 8 nitrogen and oxygen atoms in total. The van der Waals surface area contributed by atoms with Crippen LogP contribution in [0.4, 0.5) is 0 Å². The Hall–Kier alpha value is -2.58. The van der Waals surface area contributed by atoms with Crippen LogP contribution in [0.3, 0.4) is 0 Å². The molecule has 0 rings (SSSR count). The molecule has 64 heavy (non-hydrogen) atoms. The first-order valence-electron chi connectivity index (χ1n) is 25.6. The van der Waals surface area contributed by atoms with E-state index < -0.39 is 20.0 Å². The van der Waals surface area contributed by atoms with Gasteiger partial charge in [0.1, 0.15) is 13.2 Å². The summed E-state index contributed by atoms with van der Waals surface area (Å²) in [5.74, 6) is -0.210. The molecule has 1 amide bonds. The van der Waals surface area contributed by atoms with E-state index in [4.69, 9.17) is 9.05 Å². The predicted octanol–water partition coefficient (Wildman–Crippen LogP) is 14.5. The topological polar surface area (TPSA) is 108 Å². The molecular formula is C55H97N2O6P. The van der Waals surface area contributed by atoms with Crippen molar-refractivity contribution in [3.8, 4) is 0 Å². The number of phosphoric ester groups is 1. The zero-order chi connectivity index (χ0) is 47.1. The van der Waals surface area contributed by atoms with Gasteiger partial charge in [-0.15, -0.1) is 0 Å². The Labute approximate surface area is 394 Å². The quantitative estimate of drug-likeness (QED) is 0.0273. The van der Waals surface area contributed by atoms with Gasteiger partial charge in [0.25, 0.3) is 7.82 Å². The number of aliphatic hydroxyl groups is 1. The van der Waals surface area contributed by atoms with Crippen molar-refractivity contribution >= 4 is 13.7 Å². The van der Waals surface area contributed by atoms with Crippen molar-refractivity contribution in [2.75, 3.05) is 40.9 Å². The third-order valence-electron chi connectivity index (χ3n) is 10.8. The maximum Gasteiger partial charge on any atom is 0.268 e. The lowest BCUT2D eigenvalue weighted by Crippen LogP contribution is -2.45. The zero-order valence-electron chi connectivity index (χ0n) is 41.7. The van der Waals surface area contributed by atoms with E-state index in [0.29, 0.717) is 17.4 Å². The van der Waals surface area contributed by atoms with E-state index in [2.05, 4.69) is 104 Å². The van der Waals surface area contributed by atoms with Gasteiger partial charge in [0.15, 0.2) is 0 Å². The summed E-state index contributed by atoms with van der Waals surface area (Å²) in [7, 11) is 1.24. The molecule has 0 aliphatic rings. The summed E-state index contributed by atoms with van der Waals surface area (Å²) in [4.78, 5) is 25.3. The number of rotatable bonds is 45. The molecule has 0 spiro atoms. The van der Waals surface area contributed by atoms with Crippen LogP contribution in [0.2, 0.25) is 0 Å². The summed E-state index contributed by atoms with van der Waals surface area (Å²) in [6.45, 7) is 4.49. The zero-order valence-corrected chi connectivity index (χ0v) is 42.6. The number of hydrogen-bond acceptors (Lipinski definition) is 6. The van der Waals surface area contributed by atoms with Gasteiger partial charge in [0.2, 0.25) is 5.91 Å². The summed E-state index contributed by atoms with van der Waals surface area (Å²) in [6, 6.07) is -0.894. The fraction of sp³-hybridized carbons (Fsp3) is 0.691. The summed E-state index contributed by atoms with van der Waals surface area (Å²) in [5.41, 5.74) is 0. The largest absolute Gasteiger partial charge is 0.756 e. The van der Waals surface area contributed by atoms with Crippen molar-refractivity contribution < 1.29 is 32.9 Å². The Bertz CT molecular complexity index is 1360. The minimum Gasteiger partial charge on any atom is -0.756 e. The molecule has 0 aliphatic carbocycles.